The maximum atomic E-state index is 12.4. The number of amides is 1. The van der Waals surface area contributed by atoms with Gasteiger partial charge in [0.15, 0.2) is 11.9 Å². The van der Waals surface area contributed by atoms with Crippen molar-refractivity contribution in [3.63, 3.8) is 0 Å². The Labute approximate surface area is 163 Å². The number of carbonyl (C=O) groups is 2. The third-order valence-corrected chi connectivity index (χ3v) is 4.20. The number of nitrogens with one attached hydrogen (secondary N) is 1. The predicted octanol–water partition coefficient (Wildman–Crippen LogP) is 4.33. The fourth-order valence-corrected chi connectivity index (χ4v) is 2.68. The number of carbonyl (C=O) groups excluding carboxylic acids is 2. The summed E-state index contributed by atoms with van der Waals surface area (Å²) in [7, 11) is 1.54. The number of anilines is 1. The average Bonchev–Trinajstić information content (AvgIpc) is 2.74. The zero-order chi connectivity index (χ0) is 19.9. The number of ketones is 1. The van der Waals surface area contributed by atoms with Crippen LogP contribution in [0.5, 0.6) is 11.5 Å². The molecule has 0 heterocycles. The number of benzene rings is 3. The smallest absolute Gasteiger partial charge is 0.265 e. The molecule has 0 aliphatic carbocycles. The van der Waals surface area contributed by atoms with Crippen LogP contribution in [0.15, 0.2) is 78.9 Å². The van der Waals surface area contributed by atoms with Crippen molar-refractivity contribution in [3.8, 4) is 11.5 Å². The maximum absolute atomic E-state index is 12.4. The second-order valence-corrected chi connectivity index (χ2v) is 6.17. The molecule has 142 valence electrons. The zero-order valence-electron chi connectivity index (χ0n) is 15.7. The Morgan fingerprint density at radius 2 is 1.43 bits per heavy atom. The van der Waals surface area contributed by atoms with E-state index in [-0.39, 0.29) is 11.7 Å². The first-order chi connectivity index (χ1) is 13.6. The lowest BCUT2D eigenvalue weighted by molar-refractivity contribution is -0.122. The van der Waals surface area contributed by atoms with Gasteiger partial charge in [-0.15, -0.1) is 0 Å². The first-order valence-electron chi connectivity index (χ1n) is 8.89. The van der Waals surface area contributed by atoms with Gasteiger partial charge in [0.1, 0.15) is 11.5 Å². The summed E-state index contributed by atoms with van der Waals surface area (Å²) in [5, 5.41) is 2.79. The second kappa shape index (κ2) is 8.86. The van der Waals surface area contributed by atoms with Crippen LogP contribution in [0.25, 0.3) is 0 Å². The summed E-state index contributed by atoms with van der Waals surface area (Å²) in [6, 6.07) is 23.0. The van der Waals surface area contributed by atoms with Crippen molar-refractivity contribution in [3.05, 3.63) is 90.0 Å². The second-order valence-electron chi connectivity index (χ2n) is 6.17. The molecule has 5 nitrogen and oxygen atoms in total. The van der Waals surface area contributed by atoms with E-state index in [1.165, 1.54) is 0 Å². The summed E-state index contributed by atoms with van der Waals surface area (Å²) in [6.07, 6.45) is -0.722. The van der Waals surface area contributed by atoms with Crippen molar-refractivity contribution in [2.75, 3.05) is 12.4 Å². The monoisotopic (exact) mass is 375 g/mol. The molecule has 1 atom stereocenters. The van der Waals surface area contributed by atoms with E-state index in [1.807, 2.05) is 30.3 Å². The highest BCUT2D eigenvalue weighted by Gasteiger charge is 2.17. The summed E-state index contributed by atoms with van der Waals surface area (Å²) in [5.41, 5.74) is 1.76. The number of hydrogen-bond acceptors (Lipinski definition) is 4. The van der Waals surface area contributed by atoms with Crippen LogP contribution in [0, 0.1) is 0 Å². The van der Waals surface area contributed by atoms with E-state index < -0.39 is 6.10 Å². The molecule has 0 saturated heterocycles. The molecule has 0 unspecified atom stereocenters. The topological polar surface area (TPSA) is 64.6 Å². The lowest BCUT2D eigenvalue weighted by Gasteiger charge is -2.16. The lowest BCUT2D eigenvalue weighted by Crippen LogP contribution is -2.30. The van der Waals surface area contributed by atoms with E-state index in [1.54, 1.807) is 62.6 Å². The Morgan fingerprint density at radius 1 is 0.821 bits per heavy atom. The van der Waals surface area contributed by atoms with Crippen LogP contribution < -0.4 is 14.8 Å². The minimum Gasteiger partial charge on any atom is -0.495 e. The van der Waals surface area contributed by atoms with Crippen LogP contribution in [0.2, 0.25) is 0 Å². The van der Waals surface area contributed by atoms with E-state index in [9.17, 15) is 9.59 Å². The van der Waals surface area contributed by atoms with Crippen molar-refractivity contribution in [2.45, 2.75) is 13.0 Å². The van der Waals surface area contributed by atoms with Gasteiger partial charge in [0.05, 0.1) is 12.8 Å². The third-order valence-electron chi connectivity index (χ3n) is 4.20. The molecule has 28 heavy (non-hydrogen) atoms. The van der Waals surface area contributed by atoms with Gasteiger partial charge in [0.2, 0.25) is 0 Å². The van der Waals surface area contributed by atoms with Crippen LogP contribution in [0.1, 0.15) is 22.8 Å². The number of rotatable bonds is 7. The summed E-state index contributed by atoms with van der Waals surface area (Å²) in [6.45, 7) is 1.66. The SMILES string of the molecule is COc1ccccc1NC(=O)[C@H](C)Oc1ccc(C(=O)c2ccccc2)cc1. The molecule has 0 saturated carbocycles. The highest BCUT2D eigenvalue weighted by Crippen LogP contribution is 2.23. The summed E-state index contributed by atoms with van der Waals surface area (Å²) < 4.78 is 10.9. The van der Waals surface area contributed by atoms with Gasteiger partial charge < -0.3 is 14.8 Å². The third kappa shape index (κ3) is 4.57. The van der Waals surface area contributed by atoms with Crippen molar-refractivity contribution >= 4 is 17.4 Å². The Bertz CT molecular complexity index is 952. The standard InChI is InChI=1S/C23H21NO4/c1-16(23(26)24-20-10-6-7-11-21(20)27-2)28-19-14-12-18(13-15-19)22(25)17-8-4-3-5-9-17/h3-16H,1-2H3,(H,24,26)/t16-/m0/s1. The summed E-state index contributed by atoms with van der Waals surface area (Å²) >= 11 is 0. The normalized spacial score (nSPS) is 11.4. The van der Waals surface area contributed by atoms with Crippen molar-refractivity contribution in [2.24, 2.45) is 0 Å². The average molecular weight is 375 g/mol. The minimum atomic E-state index is -0.722. The first-order valence-corrected chi connectivity index (χ1v) is 8.89. The molecule has 3 rings (SSSR count). The molecule has 0 aromatic heterocycles. The van der Waals surface area contributed by atoms with Gasteiger partial charge in [0.25, 0.3) is 5.91 Å². The molecule has 0 spiro atoms. The first kappa shape index (κ1) is 19.2. The van der Waals surface area contributed by atoms with Gasteiger partial charge in [-0.3, -0.25) is 9.59 Å². The van der Waals surface area contributed by atoms with E-state index >= 15 is 0 Å². The van der Waals surface area contributed by atoms with E-state index in [0.29, 0.717) is 28.3 Å². The lowest BCUT2D eigenvalue weighted by atomic mass is 10.0. The molecule has 5 heteroatoms. The zero-order valence-corrected chi connectivity index (χ0v) is 15.7. The highest BCUT2D eigenvalue weighted by atomic mass is 16.5. The van der Waals surface area contributed by atoms with Gasteiger partial charge in [-0.05, 0) is 43.3 Å². The largest absolute Gasteiger partial charge is 0.495 e. The van der Waals surface area contributed by atoms with E-state index in [0.717, 1.165) is 0 Å². The fourth-order valence-electron chi connectivity index (χ4n) is 2.68. The van der Waals surface area contributed by atoms with Gasteiger partial charge in [0, 0.05) is 11.1 Å². The highest BCUT2D eigenvalue weighted by molar-refractivity contribution is 6.09. The predicted molar refractivity (Wildman–Crippen MR) is 108 cm³/mol. The van der Waals surface area contributed by atoms with Crippen molar-refractivity contribution < 1.29 is 19.1 Å². The van der Waals surface area contributed by atoms with Crippen LogP contribution in [-0.4, -0.2) is 24.9 Å². The van der Waals surface area contributed by atoms with Crippen LogP contribution in [0.3, 0.4) is 0 Å². The van der Waals surface area contributed by atoms with Crippen LogP contribution >= 0.6 is 0 Å². The Morgan fingerprint density at radius 3 is 2.11 bits per heavy atom. The maximum Gasteiger partial charge on any atom is 0.265 e. The van der Waals surface area contributed by atoms with Gasteiger partial charge in [-0.1, -0.05) is 42.5 Å². The molecule has 0 radical (unpaired) electrons. The minimum absolute atomic E-state index is 0.0610. The van der Waals surface area contributed by atoms with Crippen LogP contribution in [0.4, 0.5) is 5.69 Å². The quantitative estimate of drug-likeness (QED) is 0.624. The number of para-hydroxylation sites is 2. The van der Waals surface area contributed by atoms with Crippen molar-refractivity contribution in [1.82, 2.24) is 0 Å². The Kier molecular flexibility index (Phi) is 6.07. The molecule has 1 N–H and O–H groups in total. The Hall–Kier alpha value is -3.60. The van der Waals surface area contributed by atoms with Gasteiger partial charge >= 0.3 is 0 Å². The molecular weight excluding hydrogens is 354 g/mol. The van der Waals surface area contributed by atoms with E-state index in [4.69, 9.17) is 9.47 Å². The molecular formula is C23H21NO4. The van der Waals surface area contributed by atoms with E-state index in [2.05, 4.69) is 5.32 Å². The Balaban J connectivity index is 1.63. The molecule has 1 amide bonds. The van der Waals surface area contributed by atoms with Gasteiger partial charge in [-0.25, -0.2) is 0 Å². The molecule has 0 fully saturated rings. The summed E-state index contributed by atoms with van der Waals surface area (Å²) in [4.78, 5) is 24.8. The van der Waals surface area contributed by atoms with Crippen LogP contribution in [-0.2, 0) is 4.79 Å². The number of ether oxygens (including phenoxy) is 2. The molecule has 3 aromatic rings. The molecule has 3 aromatic carbocycles. The molecule has 0 aliphatic rings. The molecule has 0 aliphatic heterocycles. The molecule has 0 bridgehead atoms. The van der Waals surface area contributed by atoms with Crippen molar-refractivity contribution in [1.29, 1.82) is 0 Å². The summed E-state index contributed by atoms with van der Waals surface area (Å²) in [5.74, 6) is 0.724. The van der Waals surface area contributed by atoms with Gasteiger partial charge in [-0.2, -0.15) is 0 Å². The number of methoxy groups -OCH3 is 1. The number of hydrogen-bond donors (Lipinski definition) is 1. The fraction of sp³-hybridized carbons (Fsp3) is 0.130.